The molecule has 0 radical (unpaired) electrons. The number of hydrogen-bond acceptors (Lipinski definition) is 2. The van der Waals surface area contributed by atoms with Gasteiger partial charge < -0.3 is 9.16 Å². The van der Waals surface area contributed by atoms with Crippen molar-refractivity contribution < 1.29 is 9.16 Å². The molecular formula is C8H18O2Si. The molecule has 0 bridgehead atoms. The van der Waals surface area contributed by atoms with E-state index in [4.69, 9.17) is 9.16 Å². The maximum atomic E-state index is 5.43. The van der Waals surface area contributed by atoms with Gasteiger partial charge in [-0.15, -0.1) is 6.58 Å². The zero-order valence-electron chi connectivity index (χ0n) is 7.51. The highest BCUT2D eigenvalue weighted by Crippen LogP contribution is 2.00. The monoisotopic (exact) mass is 174 g/mol. The van der Waals surface area contributed by atoms with Gasteiger partial charge in [-0.2, -0.15) is 0 Å². The van der Waals surface area contributed by atoms with Gasteiger partial charge in [-0.1, -0.05) is 6.08 Å². The van der Waals surface area contributed by atoms with Crippen LogP contribution in [-0.2, 0) is 9.16 Å². The Morgan fingerprint density at radius 1 is 1.55 bits per heavy atom. The Morgan fingerprint density at radius 2 is 2.27 bits per heavy atom. The van der Waals surface area contributed by atoms with Crippen molar-refractivity contribution in [3.63, 3.8) is 0 Å². The molecule has 0 N–H and O–H groups in total. The van der Waals surface area contributed by atoms with Gasteiger partial charge in [0.15, 0.2) is 0 Å². The molecule has 0 spiro atoms. The highest BCUT2D eigenvalue weighted by atomic mass is 28.2. The lowest BCUT2D eigenvalue weighted by Crippen LogP contribution is -2.11. The van der Waals surface area contributed by atoms with Crippen molar-refractivity contribution in [2.45, 2.75) is 25.9 Å². The molecule has 11 heavy (non-hydrogen) atoms. The second-order valence-corrected chi connectivity index (χ2v) is 3.12. The first-order valence-corrected chi connectivity index (χ1v) is 4.84. The van der Waals surface area contributed by atoms with Gasteiger partial charge in [-0.25, -0.2) is 0 Å². The van der Waals surface area contributed by atoms with E-state index in [9.17, 15) is 0 Å². The Bertz CT molecular complexity index is 96.1. The highest BCUT2D eigenvalue weighted by molar-refractivity contribution is 5.97. The molecule has 2 nitrogen and oxygen atoms in total. The van der Waals surface area contributed by atoms with Gasteiger partial charge in [-0.3, -0.25) is 0 Å². The van der Waals surface area contributed by atoms with Gasteiger partial charge in [0.2, 0.25) is 0 Å². The van der Waals surface area contributed by atoms with Crippen molar-refractivity contribution >= 4 is 10.5 Å². The summed E-state index contributed by atoms with van der Waals surface area (Å²) in [6.07, 6.45) is 4.35. The number of hydrogen-bond donors (Lipinski definition) is 0. The fourth-order valence-electron chi connectivity index (χ4n) is 0.769. The van der Waals surface area contributed by atoms with Crippen molar-refractivity contribution in [1.82, 2.24) is 0 Å². The average Bonchev–Trinajstić information content (AvgIpc) is 2.01. The minimum Gasteiger partial charge on any atom is -0.426 e. The van der Waals surface area contributed by atoms with Crippen LogP contribution >= 0.6 is 0 Å². The third kappa shape index (κ3) is 7.78. The van der Waals surface area contributed by atoms with Crippen LogP contribution in [0.25, 0.3) is 0 Å². The molecule has 0 aliphatic heterocycles. The first-order valence-electron chi connectivity index (χ1n) is 4.02. The van der Waals surface area contributed by atoms with Crippen molar-refractivity contribution in [3.8, 4) is 0 Å². The predicted molar refractivity (Wildman–Crippen MR) is 50.7 cm³/mol. The average molecular weight is 174 g/mol. The van der Waals surface area contributed by atoms with Gasteiger partial charge in [0.1, 0.15) is 10.5 Å². The summed E-state index contributed by atoms with van der Waals surface area (Å²) in [5, 5.41) is 0. The first-order chi connectivity index (χ1) is 5.31. The predicted octanol–water partition coefficient (Wildman–Crippen LogP) is 0.655. The van der Waals surface area contributed by atoms with Crippen LogP contribution in [0.15, 0.2) is 12.7 Å². The van der Waals surface area contributed by atoms with Crippen LogP contribution in [-0.4, -0.2) is 29.8 Å². The fourth-order valence-corrected chi connectivity index (χ4v) is 0.935. The molecule has 0 aromatic heterocycles. The molecule has 1 atom stereocenters. The summed E-state index contributed by atoms with van der Waals surface area (Å²) in [4.78, 5) is 0. The largest absolute Gasteiger partial charge is 0.426 e. The normalized spacial score (nSPS) is 13.2. The zero-order chi connectivity index (χ0) is 8.53. The first kappa shape index (κ1) is 10.9. The third-order valence-electron chi connectivity index (χ3n) is 1.47. The van der Waals surface area contributed by atoms with Crippen LogP contribution in [0.3, 0.4) is 0 Å². The Kier molecular flexibility index (Phi) is 7.89. The number of allylic oxidation sites excluding steroid dienone is 1. The zero-order valence-corrected chi connectivity index (χ0v) is 9.51. The summed E-state index contributed by atoms with van der Waals surface area (Å²) in [6.45, 7) is 7.20. The molecule has 0 saturated heterocycles. The quantitative estimate of drug-likeness (QED) is 0.321. The van der Waals surface area contributed by atoms with E-state index >= 15 is 0 Å². The topological polar surface area (TPSA) is 18.5 Å². The SMILES string of the molecule is C=CCCC(C)OCCO[SiH3]. The van der Waals surface area contributed by atoms with Crippen LogP contribution in [0.1, 0.15) is 19.8 Å². The summed E-state index contributed by atoms with van der Waals surface area (Å²) in [5.41, 5.74) is 0. The molecule has 3 heteroatoms. The minimum atomic E-state index is 0.338. The van der Waals surface area contributed by atoms with Crippen LogP contribution in [0.2, 0.25) is 0 Å². The van der Waals surface area contributed by atoms with E-state index in [1.54, 1.807) is 0 Å². The Morgan fingerprint density at radius 3 is 2.82 bits per heavy atom. The van der Waals surface area contributed by atoms with Gasteiger partial charge in [0.25, 0.3) is 0 Å². The summed E-state index contributed by atoms with van der Waals surface area (Å²) < 4.78 is 10.4. The number of ether oxygens (including phenoxy) is 1. The standard InChI is InChI=1S/C8H18O2Si/c1-3-4-5-8(2)9-6-7-10-11/h3,8H,1,4-7H2,2,11H3. The maximum Gasteiger partial charge on any atom is 0.146 e. The van der Waals surface area contributed by atoms with Gasteiger partial charge in [0, 0.05) is 0 Å². The van der Waals surface area contributed by atoms with Gasteiger partial charge >= 0.3 is 0 Å². The van der Waals surface area contributed by atoms with Crippen LogP contribution in [0, 0.1) is 0 Å². The number of rotatable bonds is 7. The van der Waals surface area contributed by atoms with E-state index in [1.807, 2.05) is 6.08 Å². The summed E-state index contributed by atoms with van der Waals surface area (Å²) in [5.74, 6) is 0. The van der Waals surface area contributed by atoms with Crippen LogP contribution in [0.4, 0.5) is 0 Å². The van der Waals surface area contributed by atoms with Crippen molar-refractivity contribution in [1.29, 1.82) is 0 Å². The molecule has 0 aliphatic carbocycles. The van der Waals surface area contributed by atoms with Crippen LogP contribution in [0.5, 0.6) is 0 Å². The molecule has 0 rings (SSSR count). The third-order valence-corrected chi connectivity index (χ3v) is 1.88. The molecule has 0 aliphatic rings. The van der Waals surface area contributed by atoms with E-state index in [2.05, 4.69) is 13.5 Å². The molecule has 0 saturated carbocycles. The molecule has 0 fully saturated rings. The molecule has 0 aromatic rings. The second kappa shape index (κ2) is 7.98. The van der Waals surface area contributed by atoms with Gasteiger partial charge in [-0.05, 0) is 19.8 Å². The lowest BCUT2D eigenvalue weighted by Gasteiger charge is -2.10. The van der Waals surface area contributed by atoms with E-state index < -0.39 is 0 Å². The smallest absolute Gasteiger partial charge is 0.146 e. The lowest BCUT2D eigenvalue weighted by molar-refractivity contribution is 0.0421. The Hall–Kier alpha value is -0.123. The fraction of sp³-hybridized carbons (Fsp3) is 0.750. The van der Waals surface area contributed by atoms with Crippen LogP contribution < -0.4 is 0 Å². The Balaban J connectivity index is 3.08. The molecular weight excluding hydrogens is 156 g/mol. The van der Waals surface area contributed by atoms with Crippen molar-refractivity contribution in [2.75, 3.05) is 13.2 Å². The molecule has 1 unspecified atom stereocenters. The van der Waals surface area contributed by atoms with E-state index in [-0.39, 0.29) is 0 Å². The highest BCUT2D eigenvalue weighted by Gasteiger charge is 1.98. The van der Waals surface area contributed by atoms with E-state index in [0.717, 1.165) is 36.5 Å². The van der Waals surface area contributed by atoms with E-state index in [1.165, 1.54) is 0 Å². The minimum absolute atomic E-state index is 0.338. The van der Waals surface area contributed by atoms with Gasteiger partial charge in [0.05, 0.1) is 19.3 Å². The lowest BCUT2D eigenvalue weighted by atomic mass is 10.2. The molecule has 0 heterocycles. The summed E-state index contributed by atoms with van der Waals surface area (Å²) in [7, 11) is 0.806. The molecule has 0 aromatic carbocycles. The maximum absolute atomic E-state index is 5.43. The van der Waals surface area contributed by atoms with Crippen molar-refractivity contribution in [3.05, 3.63) is 12.7 Å². The Labute approximate surface area is 72.1 Å². The van der Waals surface area contributed by atoms with E-state index in [0.29, 0.717) is 6.10 Å². The summed E-state index contributed by atoms with van der Waals surface area (Å²) >= 11 is 0. The molecule has 66 valence electrons. The van der Waals surface area contributed by atoms with Crippen molar-refractivity contribution in [2.24, 2.45) is 0 Å². The molecule has 0 amide bonds. The summed E-state index contributed by atoms with van der Waals surface area (Å²) in [6, 6.07) is 0. The second-order valence-electron chi connectivity index (χ2n) is 2.54.